The van der Waals surface area contributed by atoms with Crippen LogP contribution in [0.2, 0.25) is 0 Å². The number of methoxy groups -OCH3 is 2. The fraction of sp³-hybridized carbons (Fsp3) is 0.400. The number of ether oxygens (including phenoxy) is 2. The highest BCUT2D eigenvalue weighted by Gasteiger charge is 2.22. The van der Waals surface area contributed by atoms with Crippen molar-refractivity contribution in [2.45, 2.75) is 38.0 Å². The van der Waals surface area contributed by atoms with Gasteiger partial charge in [-0.1, -0.05) is 43.5 Å². The molecule has 0 spiro atoms. The van der Waals surface area contributed by atoms with Gasteiger partial charge in [-0.3, -0.25) is 0 Å². The van der Waals surface area contributed by atoms with Gasteiger partial charge in [0, 0.05) is 11.1 Å². The van der Waals surface area contributed by atoms with Crippen LogP contribution in [-0.2, 0) is 0 Å². The minimum absolute atomic E-state index is 0.663. The third-order valence-corrected chi connectivity index (χ3v) is 5.50. The average Bonchev–Trinajstić information content (AvgIpc) is 2.62. The van der Waals surface area contributed by atoms with Crippen LogP contribution in [0.1, 0.15) is 43.6 Å². The van der Waals surface area contributed by atoms with E-state index >= 15 is 0 Å². The summed E-state index contributed by atoms with van der Waals surface area (Å²) in [5.41, 5.74) is 3.67. The molecule has 0 bridgehead atoms. The smallest absolute Gasteiger partial charge is 0.127 e. The van der Waals surface area contributed by atoms with Crippen LogP contribution in [0.15, 0.2) is 36.4 Å². The van der Waals surface area contributed by atoms with Crippen molar-refractivity contribution in [1.29, 1.82) is 0 Å². The molecule has 1 aliphatic carbocycles. The topological polar surface area (TPSA) is 18.5 Å². The SMILES string of the molecule is COc1ccccc1-c1c(OC)ccc(C2CCCCC2)c1P. The molecule has 1 unspecified atom stereocenters. The predicted octanol–water partition coefficient (Wildman–Crippen LogP) is 4.92. The van der Waals surface area contributed by atoms with E-state index in [1.54, 1.807) is 14.2 Å². The van der Waals surface area contributed by atoms with Gasteiger partial charge in [-0.2, -0.15) is 0 Å². The minimum atomic E-state index is 0.663. The van der Waals surface area contributed by atoms with Crippen molar-refractivity contribution in [3.63, 3.8) is 0 Å². The first-order chi connectivity index (χ1) is 11.3. The van der Waals surface area contributed by atoms with Gasteiger partial charge in [0.25, 0.3) is 0 Å². The summed E-state index contributed by atoms with van der Waals surface area (Å²) in [5.74, 6) is 2.45. The molecule has 0 amide bonds. The number of rotatable bonds is 4. The highest BCUT2D eigenvalue weighted by Crippen LogP contribution is 2.40. The molecule has 1 aliphatic rings. The zero-order valence-corrected chi connectivity index (χ0v) is 15.1. The van der Waals surface area contributed by atoms with Crippen molar-refractivity contribution in [2.75, 3.05) is 14.2 Å². The molecule has 122 valence electrons. The summed E-state index contributed by atoms with van der Waals surface area (Å²) in [7, 11) is 6.42. The Morgan fingerprint density at radius 3 is 2.26 bits per heavy atom. The molecule has 1 fully saturated rings. The summed E-state index contributed by atoms with van der Waals surface area (Å²) in [6, 6.07) is 12.5. The van der Waals surface area contributed by atoms with Crippen molar-refractivity contribution >= 4 is 14.5 Å². The predicted molar refractivity (Wildman–Crippen MR) is 100 cm³/mol. The molecule has 2 aromatic carbocycles. The van der Waals surface area contributed by atoms with E-state index in [-0.39, 0.29) is 0 Å². The molecule has 2 nitrogen and oxygen atoms in total. The summed E-state index contributed by atoms with van der Waals surface area (Å²) < 4.78 is 11.2. The zero-order valence-electron chi connectivity index (χ0n) is 14.0. The van der Waals surface area contributed by atoms with Crippen LogP contribution < -0.4 is 14.8 Å². The molecule has 3 heteroatoms. The maximum Gasteiger partial charge on any atom is 0.127 e. The third kappa shape index (κ3) is 3.23. The summed E-state index contributed by atoms with van der Waals surface area (Å²) in [5, 5.41) is 1.25. The molecule has 0 heterocycles. The zero-order chi connectivity index (χ0) is 16.2. The van der Waals surface area contributed by atoms with Gasteiger partial charge in [0.1, 0.15) is 11.5 Å². The Kier molecular flexibility index (Phi) is 5.23. The van der Waals surface area contributed by atoms with Crippen LogP contribution in [0.25, 0.3) is 11.1 Å². The molecule has 23 heavy (non-hydrogen) atoms. The largest absolute Gasteiger partial charge is 0.496 e. The van der Waals surface area contributed by atoms with Gasteiger partial charge in [0.2, 0.25) is 0 Å². The van der Waals surface area contributed by atoms with Gasteiger partial charge >= 0.3 is 0 Å². The van der Waals surface area contributed by atoms with Gasteiger partial charge in [-0.05, 0) is 41.8 Å². The molecular formula is C20H25O2P. The number of hydrogen-bond donors (Lipinski definition) is 0. The molecule has 3 rings (SSSR count). The quantitative estimate of drug-likeness (QED) is 0.742. The van der Waals surface area contributed by atoms with Gasteiger partial charge in [0.05, 0.1) is 14.2 Å². The average molecular weight is 328 g/mol. The first-order valence-corrected chi connectivity index (χ1v) is 8.93. The fourth-order valence-electron chi connectivity index (χ4n) is 3.68. The van der Waals surface area contributed by atoms with Crippen molar-refractivity contribution in [3.8, 4) is 22.6 Å². The van der Waals surface area contributed by atoms with Gasteiger partial charge in [0.15, 0.2) is 0 Å². The van der Waals surface area contributed by atoms with Gasteiger partial charge in [-0.25, -0.2) is 0 Å². The third-order valence-electron chi connectivity index (χ3n) is 4.88. The Morgan fingerprint density at radius 2 is 1.57 bits per heavy atom. The van der Waals surface area contributed by atoms with E-state index in [4.69, 9.17) is 9.47 Å². The first kappa shape index (κ1) is 16.3. The first-order valence-electron chi connectivity index (χ1n) is 8.36. The van der Waals surface area contributed by atoms with E-state index in [1.807, 2.05) is 12.1 Å². The van der Waals surface area contributed by atoms with Gasteiger partial charge < -0.3 is 9.47 Å². The van der Waals surface area contributed by atoms with Crippen LogP contribution >= 0.6 is 9.24 Å². The normalized spacial score (nSPS) is 15.4. The Labute approximate surface area is 141 Å². The molecular weight excluding hydrogens is 303 g/mol. The van der Waals surface area contributed by atoms with Crippen molar-refractivity contribution in [3.05, 3.63) is 42.0 Å². The lowest BCUT2D eigenvalue weighted by Gasteiger charge is -2.26. The molecule has 0 radical (unpaired) electrons. The number of benzene rings is 2. The molecule has 0 aliphatic heterocycles. The van der Waals surface area contributed by atoms with E-state index < -0.39 is 0 Å². The van der Waals surface area contributed by atoms with E-state index in [1.165, 1.54) is 43.0 Å². The monoisotopic (exact) mass is 328 g/mol. The molecule has 0 aromatic heterocycles. The highest BCUT2D eigenvalue weighted by molar-refractivity contribution is 7.28. The molecule has 1 saturated carbocycles. The van der Waals surface area contributed by atoms with Crippen molar-refractivity contribution in [1.82, 2.24) is 0 Å². The Morgan fingerprint density at radius 1 is 0.870 bits per heavy atom. The Hall–Kier alpha value is -1.53. The lowest BCUT2D eigenvalue weighted by atomic mass is 9.83. The maximum absolute atomic E-state index is 5.65. The second kappa shape index (κ2) is 7.36. The Bertz CT molecular complexity index is 675. The van der Waals surface area contributed by atoms with E-state index in [0.717, 1.165) is 22.6 Å². The van der Waals surface area contributed by atoms with E-state index in [0.29, 0.717) is 5.92 Å². The van der Waals surface area contributed by atoms with E-state index in [2.05, 4.69) is 33.5 Å². The summed E-state index contributed by atoms with van der Waals surface area (Å²) in [6.07, 6.45) is 6.63. The summed E-state index contributed by atoms with van der Waals surface area (Å²) in [4.78, 5) is 0. The minimum Gasteiger partial charge on any atom is -0.496 e. The van der Waals surface area contributed by atoms with Crippen LogP contribution in [-0.4, -0.2) is 14.2 Å². The second-order valence-electron chi connectivity index (χ2n) is 6.18. The number of para-hydroxylation sites is 1. The van der Waals surface area contributed by atoms with E-state index in [9.17, 15) is 0 Å². The lowest BCUT2D eigenvalue weighted by Crippen LogP contribution is -2.14. The summed E-state index contributed by atoms with van der Waals surface area (Å²) >= 11 is 0. The highest BCUT2D eigenvalue weighted by atomic mass is 31.0. The van der Waals surface area contributed by atoms with Crippen LogP contribution in [0.4, 0.5) is 0 Å². The van der Waals surface area contributed by atoms with Crippen LogP contribution in [0, 0.1) is 0 Å². The molecule has 1 atom stereocenters. The van der Waals surface area contributed by atoms with Crippen LogP contribution in [0.3, 0.4) is 0 Å². The van der Waals surface area contributed by atoms with Crippen molar-refractivity contribution < 1.29 is 9.47 Å². The molecule has 0 N–H and O–H groups in total. The summed E-state index contributed by atoms with van der Waals surface area (Å²) in [6.45, 7) is 0. The fourth-order valence-corrected chi connectivity index (χ4v) is 4.31. The van der Waals surface area contributed by atoms with Gasteiger partial charge in [-0.15, -0.1) is 9.24 Å². The van der Waals surface area contributed by atoms with Crippen LogP contribution in [0.5, 0.6) is 11.5 Å². The second-order valence-corrected chi connectivity index (χ2v) is 6.76. The number of hydrogen-bond acceptors (Lipinski definition) is 2. The maximum atomic E-state index is 5.65. The van der Waals surface area contributed by atoms with Crippen molar-refractivity contribution in [2.24, 2.45) is 0 Å². The Balaban J connectivity index is 2.14. The standard InChI is InChI=1S/C20H25O2P/c1-21-17-11-7-6-10-16(17)19-18(22-2)13-12-15(20(19)23)14-8-4-3-5-9-14/h6-7,10-14H,3-5,8-9,23H2,1-2H3. The molecule has 0 saturated heterocycles. The molecule has 2 aromatic rings. The lowest BCUT2D eigenvalue weighted by molar-refractivity contribution is 0.410.